The van der Waals surface area contributed by atoms with Crippen LogP contribution in [0.4, 0.5) is 18.9 Å². The number of carbonyl (C=O) groups is 2. The number of rotatable bonds is 5. The summed E-state index contributed by atoms with van der Waals surface area (Å²) in [7, 11) is 0. The van der Waals surface area contributed by atoms with Crippen LogP contribution in [0.5, 0.6) is 0 Å². The first-order chi connectivity index (χ1) is 16.6. The van der Waals surface area contributed by atoms with Crippen LogP contribution in [0.3, 0.4) is 0 Å². The van der Waals surface area contributed by atoms with Gasteiger partial charge in [-0.25, -0.2) is 4.79 Å². The third-order valence-corrected chi connectivity index (χ3v) is 5.55. The molecule has 0 spiro atoms. The number of nitrogens with one attached hydrogen (secondary N) is 1. The van der Waals surface area contributed by atoms with E-state index in [9.17, 15) is 18.0 Å². The molecule has 0 unspecified atom stereocenters. The number of carboxylic acids is 1. The van der Waals surface area contributed by atoms with Gasteiger partial charge in [-0.15, -0.1) is 0 Å². The van der Waals surface area contributed by atoms with Gasteiger partial charge in [-0.1, -0.05) is 48.0 Å². The summed E-state index contributed by atoms with van der Waals surface area (Å²) in [5.74, 6) is -2.92. The molecule has 0 aromatic heterocycles. The number of carboxylic acid groups (broad SMARTS) is 1. The maximum absolute atomic E-state index is 12.5. The Balaban J connectivity index is 0.000000429. The minimum absolute atomic E-state index is 0.164. The summed E-state index contributed by atoms with van der Waals surface area (Å²) < 4.78 is 31.7. The fourth-order valence-corrected chi connectivity index (χ4v) is 3.85. The lowest BCUT2D eigenvalue weighted by molar-refractivity contribution is -0.192. The predicted octanol–water partition coefficient (Wildman–Crippen LogP) is 6.49. The van der Waals surface area contributed by atoms with E-state index in [-0.39, 0.29) is 5.91 Å². The highest BCUT2D eigenvalue weighted by Gasteiger charge is 2.38. The molecule has 0 atom stereocenters. The molecule has 0 radical (unpaired) electrons. The Kier molecular flexibility index (Phi) is 8.89. The maximum Gasteiger partial charge on any atom is 0.490 e. The normalized spacial score (nSPS) is 13.6. The molecule has 1 amide bonds. The first kappa shape index (κ1) is 26.2. The van der Waals surface area contributed by atoms with Crippen LogP contribution in [0, 0.1) is 0 Å². The number of anilines is 1. The number of aliphatic carboxylic acids is 1. The molecule has 1 aliphatic heterocycles. The molecule has 3 aromatic carbocycles. The lowest BCUT2D eigenvalue weighted by atomic mass is 10.0. The number of hydrogen-bond acceptors (Lipinski definition) is 3. The Bertz CT molecular complexity index is 1180. The number of benzene rings is 3. The summed E-state index contributed by atoms with van der Waals surface area (Å²) in [6, 6.07) is 23.6. The van der Waals surface area contributed by atoms with Gasteiger partial charge in [0.05, 0.1) is 0 Å². The summed E-state index contributed by atoms with van der Waals surface area (Å²) >= 11 is 5.99. The van der Waals surface area contributed by atoms with Crippen LogP contribution >= 0.6 is 11.6 Å². The fourth-order valence-electron chi connectivity index (χ4n) is 3.66. The van der Waals surface area contributed by atoms with Gasteiger partial charge in [0, 0.05) is 22.8 Å². The zero-order valence-corrected chi connectivity index (χ0v) is 19.4. The Hall–Kier alpha value is -3.36. The summed E-state index contributed by atoms with van der Waals surface area (Å²) in [6.45, 7) is 3.38. The Morgan fingerprint density at radius 3 is 2.14 bits per heavy atom. The van der Waals surface area contributed by atoms with Crippen molar-refractivity contribution in [1.29, 1.82) is 0 Å². The van der Waals surface area contributed by atoms with Gasteiger partial charge in [-0.05, 0) is 79.0 Å². The highest BCUT2D eigenvalue weighted by molar-refractivity contribution is 6.31. The van der Waals surface area contributed by atoms with Crippen LogP contribution in [-0.4, -0.2) is 41.1 Å². The van der Waals surface area contributed by atoms with E-state index in [1.165, 1.54) is 31.5 Å². The number of halogens is 4. The van der Waals surface area contributed by atoms with Crippen molar-refractivity contribution >= 4 is 29.2 Å². The van der Waals surface area contributed by atoms with Crippen molar-refractivity contribution in [3.63, 3.8) is 0 Å². The average molecular weight is 505 g/mol. The lowest BCUT2D eigenvalue weighted by Crippen LogP contribution is -2.21. The van der Waals surface area contributed by atoms with Crippen LogP contribution in [0.15, 0.2) is 72.8 Å². The van der Waals surface area contributed by atoms with Crippen molar-refractivity contribution in [1.82, 2.24) is 4.90 Å². The van der Waals surface area contributed by atoms with Crippen LogP contribution < -0.4 is 5.32 Å². The lowest BCUT2D eigenvalue weighted by Gasteiger charge is -2.15. The molecule has 1 saturated heterocycles. The molecule has 0 saturated carbocycles. The molecule has 35 heavy (non-hydrogen) atoms. The van der Waals surface area contributed by atoms with E-state index in [2.05, 4.69) is 40.5 Å². The Morgan fingerprint density at radius 1 is 0.914 bits per heavy atom. The van der Waals surface area contributed by atoms with Gasteiger partial charge >= 0.3 is 12.1 Å². The van der Waals surface area contributed by atoms with E-state index in [0.717, 1.165) is 23.4 Å². The molecule has 1 fully saturated rings. The van der Waals surface area contributed by atoms with Gasteiger partial charge in [-0.3, -0.25) is 9.69 Å². The molecule has 5 nitrogen and oxygen atoms in total. The first-order valence-corrected chi connectivity index (χ1v) is 11.3. The summed E-state index contributed by atoms with van der Waals surface area (Å²) in [6.07, 6.45) is -2.48. The van der Waals surface area contributed by atoms with E-state index < -0.39 is 12.1 Å². The van der Waals surface area contributed by atoms with E-state index in [1.54, 1.807) is 24.3 Å². The highest BCUT2D eigenvalue weighted by atomic mass is 35.5. The third-order valence-electron chi connectivity index (χ3n) is 5.31. The average Bonchev–Trinajstić information content (AvgIpc) is 3.32. The van der Waals surface area contributed by atoms with Crippen LogP contribution in [-0.2, 0) is 11.3 Å². The second kappa shape index (κ2) is 11.9. The minimum atomic E-state index is -5.08. The maximum atomic E-state index is 12.5. The molecule has 9 heteroatoms. The van der Waals surface area contributed by atoms with Crippen LogP contribution in [0.25, 0.3) is 11.1 Å². The van der Waals surface area contributed by atoms with Crippen molar-refractivity contribution in [3.8, 4) is 11.1 Å². The van der Waals surface area contributed by atoms with Gasteiger partial charge < -0.3 is 10.4 Å². The topological polar surface area (TPSA) is 69.6 Å². The highest BCUT2D eigenvalue weighted by Crippen LogP contribution is 2.25. The quantitative estimate of drug-likeness (QED) is 0.417. The second-order valence-corrected chi connectivity index (χ2v) is 8.47. The van der Waals surface area contributed by atoms with Crippen molar-refractivity contribution in [3.05, 3.63) is 88.9 Å². The molecule has 0 aliphatic carbocycles. The van der Waals surface area contributed by atoms with E-state index in [0.29, 0.717) is 10.6 Å². The van der Waals surface area contributed by atoms with Crippen LogP contribution in [0.2, 0.25) is 5.02 Å². The number of alkyl halides is 3. The van der Waals surface area contributed by atoms with Crippen molar-refractivity contribution in [2.24, 2.45) is 0 Å². The minimum Gasteiger partial charge on any atom is -0.475 e. The molecular formula is C26H24ClF3N2O3. The molecule has 3 aromatic rings. The standard InChI is InChI=1S/C24H23ClN2O.C2HF3O2/c25-22-10-4-9-21(15-22)24(28)26-23-11-5-8-20(16-23)19-7-3-6-18(14-19)17-27-12-1-2-13-27;3-2(4,5)1(6)7/h3-11,14-16H,1-2,12-13,17H2,(H,26,28);(H,6,7). The molecule has 1 aliphatic rings. The van der Waals surface area contributed by atoms with Gasteiger partial charge in [0.15, 0.2) is 0 Å². The first-order valence-electron chi connectivity index (χ1n) is 10.9. The number of hydrogen-bond donors (Lipinski definition) is 2. The number of nitrogens with zero attached hydrogens (tertiary/aromatic N) is 1. The van der Waals surface area contributed by atoms with Gasteiger partial charge in [0.1, 0.15) is 0 Å². The number of amides is 1. The Labute approximate surface area is 206 Å². The summed E-state index contributed by atoms with van der Waals surface area (Å²) in [5, 5.41) is 10.6. The summed E-state index contributed by atoms with van der Waals surface area (Å²) in [5.41, 5.74) is 4.90. The number of carbonyl (C=O) groups excluding carboxylic acids is 1. The van der Waals surface area contributed by atoms with E-state index in [4.69, 9.17) is 21.5 Å². The second-order valence-electron chi connectivity index (χ2n) is 8.03. The van der Waals surface area contributed by atoms with Crippen LogP contribution in [0.1, 0.15) is 28.8 Å². The molecule has 184 valence electrons. The molecule has 4 rings (SSSR count). The van der Waals surface area contributed by atoms with E-state index >= 15 is 0 Å². The van der Waals surface area contributed by atoms with E-state index in [1.807, 2.05) is 18.2 Å². The zero-order valence-electron chi connectivity index (χ0n) is 18.7. The molecule has 1 heterocycles. The molecule has 0 bridgehead atoms. The molecular weight excluding hydrogens is 481 g/mol. The van der Waals surface area contributed by atoms with Crippen molar-refractivity contribution in [2.75, 3.05) is 18.4 Å². The third kappa shape index (κ3) is 8.12. The van der Waals surface area contributed by atoms with Gasteiger partial charge in [0.2, 0.25) is 0 Å². The molecule has 2 N–H and O–H groups in total. The van der Waals surface area contributed by atoms with Crippen molar-refractivity contribution in [2.45, 2.75) is 25.6 Å². The largest absolute Gasteiger partial charge is 0.490 e. The summed E-state index contributed by atoms with van der Waals surface area (Å²) in [4.78, 5) is 23.9. The fraction of sp³-hybridized carbons (Fsp3) is 0.231. The number of likely N-dealkylation sites (tertiary alicyclic amines) is 1. The SMILES string of the molecule is O=C(Nc1cccc(-c2cccc(CN3CCCC3)c2)c1)c1cccc(Cl)c1.O=C(O)C(F)(F)F. The van der Waals surface area contributed by atoms with Gasteiger partial charge in [0.25, 0.3) is 5.91 Å². The van der Waals surface area contributed by atoms with Gasteiger partial charge in [-0.2, -0.15) is 13.2 Å². The Morgan fingerprint density at radius 2 is 1.51 bits per heavy atom. The predicted molar refractivity (Wildman–Crippen MR) is 129 cm³/mol. The van der Waals surface area contributed by atoms with Crippen molar-refractivity contribution < 1.29 is 27.9 Å². The monoisotopic (exact) mass is 504 g/mol. The smallest absolute Gasteiger partial charge is 0.475 e. The zero-order chi connectivity index (χ0) is 25.4.